The van der Waals surface area contributed by atoms with Crippen LogP contribution in [0.4, 0.5) is 0 Å². The number of piperazine rings is 1. The molecule has 0 aliphatic carbocycles. The first-order valence-corrected chi connectivity index (χ1v) is 8.95. The van der Waals surface area contributed by atoms with Crippen molar-refractivity contribution in [1.29, 1.82) is 0 Å². The van der Waals surface area contributed by atoms with Crippen molar-refractivity contribution in [2.24, 2.45) is 0 Å². The van der Waals surface area contributed by atoms with E-state index < -0.39 is 0 Å². The second-order valence-corrected chi connectivity index (χ2v) is 6.55. The van der Waals surface area contributed by atoms with E-state index in [1.165, 1.54) is 0 Å². The Bertz CT molecular complexity index is 739. The molecule has 1 aliphatic rings. The lowest BCUT2D eigenvalue weighted by Gasteiger charge is -2.37. The number of carbonyl (C=O) groups is 1. The predicted molar refractivity (Wildman–Crippen MR) is 107 cm³/mol. The third-order valence-corrected chi connectivity index (χ3v) is 5.00. The summed E-state index contributed by atoms with van der Waals surface area (Å²) >= 11 is 6.21. The van der Waals surface area contributed by atoms with Gasteiger partial charge >= 0.3 is 0 Å². The zero-order valence-electron chi connectivity index (χ0n) is 14.8. The summed E-state index contributed by atoms with van der Waals surface area (Å²) in [4.78, 5) is 14.8. The summed E-state index contributed by atoms with van der Waals surface area (Å²) in [5.74, 6) is 0.970. The van der Waals surface area contributed by atoms with Crippen molar-refractivity contribution in [2.75, 3.05) is 26.7 Å². The van der Waals surface area contributed by atoms with Crippen molar-refractivity contribution < 1.29 is 9.53 Å². The van der Waals surface area contributed by atoms with Crippen LogP contribution in [0.1, 0.15) is 23.6 Å². The topological polar surface area (TPSA) is 41.6 Å². The number of amides is 1. The molecule has 3 rings (SSSR count). The summed E-state index contributed by atoms with van der Waals surface area (Å²) in [6.45, 7) is 2.24. The molecule has 1 saturated heterocycles. The Balaban J connectivity index is 0.00000243. The van der Waals surface area contributed by atoms with Gasteiger partial charge < -0.3 is 15.0 Å². The maximum Gasteiger partial charge on any atom is 0.223 e. The van der Waals surface area contributed by atoms with Crippen molar-refractivity contribution >= 4 is 29.9 Å². The summed E-state index contributed by atoms with van der Waals surface area (Å²) in [7, 11) is 1.67. The lowest BCUT2D eigenvalue weighted by molar-refractivity contribution is -0.134. The normalized spacial score (nSPS) is 16.7. The first kappa shape index (κ1) is 20.6. The molecular weight excluding hydrogens is 371 g/mol. The molecule has 1 atom stereocenters. The van der Waals surface area contributed by atoms with Crippen LogP contribution in [-0.2, 0) is 11.2 Å². The number of nitrogens with one attached hydrogen (secondary N) is 1. The van der Waals surface area contributed by atoms with Gasteiger partial charge in [0.15, 0.2) is 0 Å². The van der Waals surface area contributed by atoms with E-state index in [4.69, 9.17) is 16.3 Å². The fraction of sp³-hybridized carbons (Fsp3) is 0.350. The van der Waals surface area contributed by atoms with Gasteiger partial charge in [-0.3, -0.25) is 4.79 Å². The lowest BCUT2D eigenvalue weighted by atomic mass is 10.0. The van der Waals surface area contributed by atoms with Crippen molar-refractivity contribution in [3.8, 4) is 5.75 Å². The number of methoxy groups -OCH3 is 1. The fourth-order valence-electron chi connectivity index (χ4n) is 3.31. The summed E-state index contributed by atoms with van der Waals surface area (Å²) in [5.41, 5.74) is 2.06. The van der Waals surface area contributed by atoms with Gasteiger partial charge in [-0.1, -0.05) is 48.0 Å². The van der Waals surface area contributed by atoms with Crippen LogP contribution >= 0.6 is 24.0 Å². The molecule has 2 aromatic rings. The minimum atomic E-state index is -0.0105. The zero-order valence-corrected chi connectivity index (χ0v) is 16.4. The van der Waals surface area contributed by atoms with Gasteiger partial charge in [-0.25, -0.2) is 0 Å². The molecule has 1 unspecified atom stereocenters. The van der Waals surface area contributed by atoms with E-state index in [9.17, 15) is 4.79 Å². The molecule has 26 heavy (non-hydrogen) atoms. The maximum absolute atomic E-state index is 12.9. The number of halogens is 2. The quantitative estimate of drug-likeness (QED) is 0.836. The molecule has 0 saturated carbocycles. The monoisotopic (exact) mass is 394 g/mol. The highest BCUT2D eigenvalue weighted by Crippen LogP contribution is 2.30. The van der Waals surface area contributed by atoms with E-state index >= 15 is 0 Å². The van der Waals surface area contributed by atoms with E-state index in [0.29, 0.717) is 19.4 Å². The summed E-state index contributed by atoms with van der Waals surface area (Å²) in [6.07, 6.45) is 1.11. The number of hydrogen-bond acceptors (Lipinski definition) is 3. The fourth-order valence-corrected chi connectivity index (χ4v) is 3.54. The van der Waals surface area contributed by atoms with E-state index in [1.807, 2.05) is 53.4 Å². The predicted octanol–water partition coefficient (Wildman–Crippen LogP) is 3.88. The van der Waals surface area contributed by atoms with Crippen LogP contribution in [0.2, 0.25) is 5.02 Å². The van der Waals surface area contributed by atoms with Gasteiger partial charge in [0.1, 0.15) is 5.75 Å². The number of carbonyl (C=O) groups excluding carboxylic acids is 1. The number of hydrogen-bond donors (Lipinski definition) is 1. The number of benzene rings is 2. The Labute approximate surface area is 165 Å². The minimum absolute atomic E-state index is 0. The van der Waals surface area contributed by atoms with Gasteiger partial charge in [-0.05, 0) is 24.1 Å². The van der Waals surface area contributed by atoms with Gasteiger partial charge in [-0.15, -0.1) is 12.4 Å². The largest absolute Gasteiger partial charge is 0.496 e. The second-order valence-electron chi connectivity index (χ2n) is 6.14. The highest BCUT2D eigenvalue weighted by molar-refractivity contribution is 6.31. The number of nitrogens with zero attached hydrogens (tertiary/aromatic N) is 1. The molecule has 1 amide bonds. The smallest absolute Gasteiger partial charge is 0.223 e. The summed E-state index contributed by atoms with van der Waals surface area (Å²) < 4.78 is 5.49. The van der Waals surface area contributed by atoms with Crippen molar-refractivity contribution in [1.82, 2.24) is 10.2 Å². The van der Waals surface area contributed by atoms with E-state index in [1.54, 1.807) is 7.11 Å². The second kappa shape index (κ2) is 9.81. The Hall–Kier alpha value is -1.75. The molecule has 0 radical (unpaired) electrons. The summed E-state index contributed by atoms with van der Waals surface area (Å²) in [6, 6.07) is 15.6. The average molecular weight is 395 g/mol. The molecular formula is C20H24Cl2N2O2. The molecule has 1 N–H and O–H groups in total. The Kier molecular flexibility index (Phi) is 7.76. The minimum Gasteiger partial charge on any atom is -0.496 e. The number of para-hydroxylation sites is 1. The highest BCUT2D eigenvalue weighted by atomic mass is 35.5. The van der Waals surface area contributed by atoms with Crippen LogP contribution in [0.25, 0.3) is 0 Å². The van der Waals surface area contributed by atoms with Gasteiger partial charge in [0.05, 0.1) is 13.2 Å². The maximum atomic E-state index is 12.9. The molecule has 0 bridgehead atoms. The lowest BCUT2D eigenvalue weighted by Crippen LogP contribution is -2.48. The molecule has 140 valence electrons. The SMILES string of the molecule is COc1ccccc1C1CNCCN1C(=O)CCc1ccccc1Cl.Cl. The van der Waals surface area contributed by atoms with Crippen LogP contribution in [0, 0.1) is 0 Å². The van der Waals surface area contributed by atoms with E-state index in [2.05, 4.69) is 5.32 Å². The molecule has 1 heterocycles. The van der Waals surface area contributed by atoms with Gasteiger partial charge in [0, 0.05) is 36.6 Å². The van der Waals surface area contributed by atoms with Crippen LogP contribution < -0.4 is 10.1 Å². The Morgan fingerprint density at radius 2 is 1.96 bits per heavy atom. The molecule has 1 aliphatic heterocycles. The van der Waals surface area contributed by atoms with Crippen LogP contribution in [0.3, 0.4) is 0 Å². The van der Waals surface area contributed by atoms with Gasteiger partial charge in [0.25, 0.3) is 0 Å². The van der Waals surface area contributed by atoms with Crippen LogP contribution in [0.15, 0.2) is 48.5 Å². The van der Waals surface area contributed by atoms with Crippen molar-refractivity contribution in [2.45, 2.75) is 18.9 Å². The molecule has 0 spiro atoms. The average Bonchev–Trinajstić information content (AvgIpc) is 2.67. The van der Waals surface area contributed by atoms with Crippen LogP contribution in [0.5, 0.6) is 5.75 Å². The third kappa shape index (κ3) is 4.70. The van der Waals surface area contributed by atoms with Crippen LogP contribution in [-0.4, -0.2) is 37.6 Å². The third-order valence-electron chi connectivity index (χ3n) is 4.63. The standard InChI is InChI=1S/C20H23ClN2O2.ClH/c1-25-19-9-5-3-7-16(19)18-14-22-12-13-23(18)20(24)11-10-15-6-2-4-8-17(15)21;/h2-9,18,22H,10-14H2,1H3;1H. The molecule has 0 aromatic heterocycles. The number of aryl methyl sites for hydroxylation is 1. The summed E-state index contributed by atoms with van der Waals surface area (Å²) in [5, 5.41) is 4.10. The molecule has 6 heteroatoms. The molecule has 4 nitrogen and oxygen atoms in total. The first-order valence-electron chi connectivity index (χ1n) is 8.57. The Morgan fingerprint density at radius 3 is 2.73 bits per heavy atom. The van der Waals surface area contributed by atoms with Gasteiger partial charge in [-0.2, -0.15) is 0 Å². The zero-order chi connectivity index (χ0) is 17.6. The number of rotatable bonds is 5. The molecule has 1 fully saturated rings. The van der Waals surface area contributed by atoms with Crippen molar-refractivity contribution in [3.05, 3.63) is 64.7 Å². The van der Waals surface area contributed by atoms with E-state index in [-0.39, 0.29) is 24.4 Å². The molecule has 2 aromatic carbocycles. The first-order chi connectivity index (χ1) is 12.2. The van der Waals surface area contributed by atoms with Gasteiger partial charge in [0.2, 0.25) is 5.91 Å². The number of ether oxygens (including phenoxy) is 1. The highest BCUT2D eigenvalue weighted by Gasteiger charge is 2.29. The van der Waals surface area contributed by atoms with Crippen molar-refractivity contribution in [3.63, 3.8) is 0 Å². The Morgan fingerprint density at radius 1 is 1.23 bits per heavy atom. The van der Waals surface area contributed by atoms with E-state index in [0.717, 1.165) is 35.0 Å².